The molecule has 0 amide bonds. The fraction of sp³-hybridized carbons (Fsp3) is 0.571. The Hall–Kier alpha value is -1.22. The Kier molecular flexibility index (Phi) is 4.26. The first-order valence-electron chi connectivity index (χ1n) is 6.39. The topological polar surface area (TPSA) is 33.3 Å². The van der Waals surface area contributed by atoms with Crippen LogP contribution in [0.25, 0.3) is 0 Å². The van der Waals surface area contributed by atoms with Crippen LogP contribution in [-0.2, 0) is 0 Å². The molecule has 1 saturated heterocycles. The van der Waals surface area contributed by atoms with E-state index in [-0.39, 0.29) is 0 Å². The summed E-state index contributed by atoms with van der Waals surface area (Å²) in [6.45, 7) is 5.49. The van der Waals surface area contributed by atoms with Gasteiger partial charge in [0, 0.05) is 12.2 Å². The van der Waals surface area contributed by atoms with Gasteiger partial charge in [-0.2, -0.15) is 0 Å². The van der Waals surface area contributed by atoms with Crippen molar-refractivity contribution in [3.8, 4) is 5.75 Å². The van der Waals surface area contributed by atoms with E-state index in [1.807, 2.05) is 6.07 Å². The number of anilines is 1. The van der Waals surface area contributed by atoms with Crippen molar-refractivity contribution in [2.45, 2.75) is 19.8 Å². The predicted octanol–water partition coefficient (Wildman–Crippen LogP) is 2.42. The zero-order valence-corrected chi connectivity index (χ0v) is 10.8. The van der Waals surface area contributed by atoms with Crippen LogP contribution in [0.15, 0.2) is 18.2 Å². The van der Waals surface area contributed by atoms with Crippen LogP contribution in [0.5, 0.6) is 5.75 Å². The molecule has 3 heteroatoms. The average Bonchev–Trinajstić information content (AvgIpc) is 2.38. The molecule has 0 aliphatic carbocycles. The van der Waals surface area contributed by atoms with E-state index in [1.54, 1.807) is 7.11 Å². The van der Waals surface area contributed by atoms with Crippen LogP contribution < -0.4 is 15.4 Å². The Morgan fingerprint density at radius 1 is 1.47 bits per heavy atom. The minimum absolute atomic E-state index is 0.755. The molecule has 1 fully saturated rings. The fourth-order valence-electron chi connectivity index (χ4n) is 2.31. The van der Waals surface area contributed by atoms with E-state index in [4.69, 9.17) is 4.74 Å². The molecule has 17 heavy (non-hydrogen) atoms. The van der Waals surface area contributed by atoms with Gasteiger partial charge < -0.3 is 15.4 Å². The lowest BCUT2D eigenvalue weighted by Gasteiger charge is -2.23. The molecular formula is C14H22N2O. The van der Waals surface area contributed by atoms with E-state index in [0.29, 0.717) is 0 Å². The second-order valence-corrected chi connectivity index (χ2v) is 4.77. The van der Waals surface area contributed by atoms with Crippen molar-refractivity contribution < 1.29 is 4.74 Å². The van der Waals surface area contributed by atoms with Gasteiger partial charge in [-0.3, -0.25) is 0 Å². The van der Waals surface area contributed by atoms with E-state index in [9.17, 15) is 0 Å². The number of piperidine rings is 1. The highest BCUT2D eigenvalue weighted by Gasteiger charge is 2.12. The first-order valence-corrected chi connectivity index (χ1v) is 6.39. The summed E-state index contributed by atoms with van der Waals surface area (Å²) in [6.07, 6.45) is 2.63. The normalized spacial score (nSPS) is 20.0. The molecule has 2 N–H and O–H groups in total. The van der Waals surface area contributed by atoms with Crippen LogP contribution in [0.4, 0.5) is 5.69 Å². The van der Waals surface area contributed by atoms with Crippen molar-refractivity contribution in [3.05, 3.63) is 23.8 Å². The van der Waals surface area contributed by atoms with Gasteiger partial charge in [0.05, 0.1) is 7.11 Å². The third-order valence-corrected chi connectivity index (χ3v) is 3.41. The van der Waals surface area contributed by atoms with Crippen LogP contribution in [0.3, 0.4) is 0 Å². The van der Waals surface area contributed by atoms with Crippen LogP contribution >= 0.6 is 0 Å². The molecule has 1 aliphatic heterocycles. The van der Waals surface area contributed by atoms with Crippen molar-refractivity contribution in [3.63, 3.8) is 0 Å². The summed E-state index contributed by atoms with van der Waals surface area (Å²) in [6, 6.07) is 6.18. The number of aryl methyl sites for hydroxylation is 1. The van der Waals surface area contributed by atoms with Crippen LogP contribution in [-0.4, -0.2) is 26.7 Å². The molecule has 0 bridgehead atoms. The molecule has 0 aromatic heterocycles. The zero-order chi connectivity index (χ0) is 12.1. The van der Waals surface area contributed by atoms with Gasteiger partial charge in [-0.1, -0.05) is 0 Å². The van der Waals surface area contributed by atoms with Crippen LogP contribution in [0, 0.1) is 12.8 Å². The predicted molar refractivity (Wildman–Crippen MR) is 71.8 cm³/mol. The van der Waals surface area contributed by atoms with Crippen LogP contribution in [0.1, 0.15) is 18.4 Å². The largest absolute Gasteiger partial charge is 0.497 e. The third kappa shape index (κ3) is 3.37. The second kappa shape index (κ2) is 5.92. The summed E-state index contributed by atoms with van der Waals surface area (Å²) in [5.74, 6) is 1.68. The number of hydrogen-bond donors (Lipinski definition) is 2. The van der Waals surface area contributed by atoms with E-state index in [2.05, 4.69) is 29.7 Å². The molecular weight excluding hydrogens is 212 g/mol. The molecule has 0 radical (unpaired) electrons. The summed E-state index contributed by atoms with van der Waals surface area (Å²) >= 11 is 0. The van der Waals surface area contributed by atoms with E-state index < -0.39 is 0 Å². The number of ether oxygens (including phenoxy) is 1. The van der Waals surface area contributed by atoms with Crippen molar-refractivity contribution in [2.24, 2.45) is 5.92 Å². The lowest BCUT2D eigenvalue weighted by Crippen LogP contribution is -2.33. The Balaban J connectivity index is 1.89. The van der Waals surface area contributed by atoms with Crippen molar-refractivity contribution in [1.29, 1.82) is 0 Å². The molecule has 1 heterocycles. The smallest absolute Gasteiger partial charge is 0.119 e. The second-order valence-electron chi connectivity index (χ2n) is 4.77. The lowest BCUT2D eigenvalue weighted by atomic mass is 9.99. The van der Waals surface area contributed by atoms with E-state index >= 15 is 0 Å². The molecule has 3 nitrogen and oxygen atoms in total. The fourth-order valence-corrected chi connectivity index (χ4v) is 2.31. The van der Waals surface area contributed by atoms with Gasteiger partial charge in [0.1, 0.15) is 5.75 Å². The Morgan fingerprint density at radius 3 is 3.00 bits per heavy atom. The molecule has 94 valence electrons. The highest BCUT2D eigenvalue weighted by molar-refractivity contribution is 5.53. The SMILES string of the molecule is COc1ccc(NCC2CCCNC2)c(C)c1. The number of hydrogen-bond acceptors (Lipinski definition) is 3. The van der Waals surface area contributed by atoms with E-state index in [0.717, 1.165) is 24.8 Å². The van der Waals surface area contributed by atoms with Crippen molar-refractivity contribution in [2.75, 3.05) is 32.1 Å². The summed E-state index contributed by atoms with van der Waals surface area (Å²) in [4.78, 5) is 0. The van der Waals surface area contributed by atoms with Gasteiger partial charge in [-0.15, -0.1) is 0 Å². The van der Waals surface area contributed by atoms with Gasteiger partial charge in [-0.05, 0) is 62.5 Å². The van der Waals surface area contributed by atoms with Gasteiger partial charge in [0.25, 0.3) is 0 Å². The maximum absolute atomic E-state index is 5.21. The summed E-state index contributed by atoms with van der Waals surface area (Å²) in [5, 5.41) is 6.98. The van der Waals surface area contributed by atoms with Crippen LogP contribution in [0.2, 0.25) is 0 Å². The first kappa shape index (κ1) is 12.2. The number of rotatable bonds is 4. The molecule has 1 atom stereocenters. The standard InChI is InChI=1S/C14H22N2O/c1-11-8-13(17-2)5-6-14(11)16-10-12-4-3-7-15-9-12/h5-6,8,12,15-16H,3-4,7,9-10H2,1-2H3. The van der Waals surface area contributed by atoms with Crippen molar-refractivity contribution >= 4 is 5.69 Å². The maximum atomic E-state index is 5.21. The number of methoxy groups -OCH3 is 1. The van der Waals surface area contributed by atoms with Crippen molar-refractivity contribution in [1.82, 2.24) is 5.32 Å². The monoisotopic (exact) mass is 234 g/mol. The first-order chi connectivity index (χ1) is 8.29. The summed E-state index contributed by atoms with van der Waals surface area (Å²) in [7, 11) is 1.70. The van der Waals surface area contributed by atoms with Gasteiger partial charge in [-0.25, -0.2) is 0 Å². The summed E-state index contributed by atoms with van der Waals surface area (Å²) < 4.78 is 5.21. The maximum Gasteiger partial charge on any atom is 0.119 e. The Labute approximate surface area is 104 Å². The molecule has 2 rings (SSSR count). The molecule has 0 spiro atoms. The molecule has 0 saturated carbocycles. The van der Waals surface area contributed by atoms with Gasteiger partial charge in [0.2, 0.25) is 0 Å². The quantitative estimate of drug-likeness (QED) is 0.839. The zero-order valence-electron chi connectivity index (χ0n) is 10.8. The molecule has 1 unspecified atom stereocenters. The van der Waals surface area contributed by atoms with Gasteiger partial charge >= 0.3 is 0 Å². The highest BCUT2D eigenvalue weighted by atomic mass is 16.5. The Bertz CT molecular complexity index is 359. The molecule has 1 aromatic carbocycles. The minimum Gasteiger partial charge on any atom is -0.497 e. The molecule has 1 aliphatic rings. The third-order valence-electron chi connectivity index (χ3n) is 3.41. The van der Waals surface area contributed by atoms with E-state index in [1.165, 1.54) is 30.6 Å². The van der Waals surface area contributed by atoms with Gasteiger partial charge in [0.15, 0.2) is 0 Å². The number of benzene rings is 1. The Morgan fingerprint density at radius 2 is 2.35 bits per heavy atom. The molecule has 1 aromatic rings. The highest BCUT2D eigenvalue weighted by Crippen LogP contribution is 2.21. The minimum atomic E-state index is 0.755. The average molecular weight is 234 g/mol. The lowest BCUT2D eigenvalue weighted by molar-refractivity contribution is 0.393. The number of nitrogens with one attached hydrogen (secondary N) is 2. The summed E-state index contributed by atoms with van der Waals surface area (Å²) in [5.41, 5.74) is 2.46.